The molecule has 0 aromatic carbocycles. The van der Waals surface area contributed by atoms with E-state index in [1.807, 2.05) is 6.92 Å². The minimum absolute atomic E-state index is 0.0480. The zero-order chi connectivity index (χ0) is 9.97. The van der Waals surface area contributed by atoms with Crippen LogP contribution < -0.4 is 15.5 Å². The van der Waals surface area contributed by atoms with Crippen LogP contribution in [0.1, 0.15) is 12.1 Å². The van der Waals surface area contributed by atoms with Crippen molar-refractivity contribution in [3.63, 3.8) is 0 Å². The normalized spacial score (nSPS) is 21.1. The molecular weight excluding hydrogens is 180 g/mol. The Balaban J connectivity index is 2.19. The highest BCUT2D eigenvalue weighted by Gasteiger charge is 2.18. The van der Waals surface area contributed by atoms with Gasteiger partial charge in [-0.15, -0.1) is 0 Å². The molecule has 14 heavy (non-hydrogen) atoms. The molecule has 1 saturated heterocycles. The second-order valence-corrected chi connectivity index (χ2v) is 3.53. The molecule has 2 heterocycles. The lowest BCUT2D eigenvalue weighted by Gasteiger charge is -2.12. The zero-order valence-electron chi connectivity index (χ0n) is 8.17. The van der Waals surface area contributed by atoms with E-state index in [0.29, 0.717) is 5.75 Å². The smallest absolute Gasteiger partial charge is 0.223 e. The first kappa shape index (κ1) is 9.27. The van der Waals surface area contributed by atoms with Crippen molar-refractivity contribution >= 4 is 0 Å². The van der Waals surface area contributed by atoms with Gasteiger partial charge in [-0.3, -0.25) is 4.79 Å². The van der Waals surface area contributed by atoms with Crippen LogP contribution in [0, 0.1) is 6.92 Å². The Bertz CT molecular complexity index is 367. The van der Waals surface area contributed by atoms with E-state index in [1.54, 1.807) is 6.20 Å². The first-order chi connectivity index (χ1) is 6.77. The van der Waals surface area contributed by atoms with E-state index in [1.165, 1.54) is 6.07 Å². The summed E-state index contributed by atoms with van der Waals surface area (Å²) in [5.41, 5.74) is 0.748. The van der Waals surface area contributed by atoms with Gasteiger partial charge in [0.25, 0.3) is 0 Å². The van der Waals surface area contributed by atoms with Gasteiger partial charge >= 0.3 is 0 Å². The van der Waals surface area contributed by atoms with Crippen molar-refractivity contribution in [1.82, 2.24) is 10.3 Å². The number of hydrogen-bond donors (Lipinski definition) is 2. The van der Waals surface area contributed by atoms with Crippen molar-refractivity contribution in [1.29, 1.82) is 0 Å². The predicted octanol–water partition coefficient (Wildman–Crippen LogP) is 0.424. The van der Waals surface area contributed by atoms with Crippen molar-refractivity contribution in [2.24, 2.45) is 0 Å². The van der Waals surface area contributed by atoms with Crippen molar-refractivity contribution in [3.8, 4) is 5.75 Å². The molecular formula is C10H14N2O2. The maximum absolute atomic E-state index is 11.5. The highest BCUT2D eigenvalue weighted by atomic mass is 16.5. The van der Waals surface area contributed by atoms with E-state index in [2.05, 4.69) is 10.3 Å². The molecule has 0 bridgehead atoms. The molecule has 76 valence electrons. The summed E-state index contributed by atoms with van der Waals surface area (Å²) in [6.07, 6.45) is 2.74. The van der Waals surface area contributed by atoms with Gasteiger partial charge in [-0.2, -0.15) is 0 Å². The quantitative estimate of drug-likeness (QED) is 0.717. The van der Waals surface area contributed by atoms with Gasteiger partial charge in [0, 0.05) is 18.8 Å². The first-order valence-electron chi connectivity index (χ1n) is 4.83. The lowest BCUT2D eigenvalue weighted by atomic mass is 10.3. The van der Waals surface area contributed by atoms with Crippen molar-refractivity contribution in [3.05, 3.63) is 28.2 Å². The summed E-state index contributed by atoms with van der Waals surface area (Å²) in [6, 6.07) is 1.49. The number of nitrogens with one attached hydrogen (secondary N) is 2. The summed E-state index contributed by atoms with van der Waals surface area (Å²) in [7, 11) is 0. The molecule has 0 spiro atoms. The van der Waals surface area contributed by atoms with Gasteiger partial charge in [-0.25, -0.2) is 0 Å². The Morgan fingerprint density at radius 1 is 1.57 bits per heavy atom. The molecule has 1 fully saturated rings. The molecule has 2 N–H and O–H groups in total. The van der Waals surface area contributed by atoms with E-state index in [-0.39, 0.29) is 11.5 Å². The molecule has 4 heteroatoms. The monoisotopic (exact) mass is 194 g/mol. The number of aromatic nitrogens is 1. The molecule has 0 aliphatic carbocycles. The number of aryl methyl sites for hydroxylation is 1. The van der Waals surface area contributed by atoms with Crippen LogP contribution >= 0.6 is 0 Å². The Labute approximate surface area is 82.3 Å². The largest absolute Gasteiger partial charge is 0.483 e. The number of hydrogen-bond acceptors (Lipinski definition) is 3. The molecule has 0 amide bonds. The van der Waals surface area contributed by atoms with Crippen LogP contribution in [-0.4, -0.2) is 24.2 Å². The second kappa shape index (κ2) is 3.84. The second-order valence-electron chi connectivity index (χ2n) is 3.53. The maximum Gasteiger partial charge on any atom is 0.223 e. The topological polar surface area (TPSA) is 54.1 Å². The van der Waals surface area contributed by atoms with Gasteiger partial charge < -0.3 is 15.0 Å². The van der Waals surface area contributed by atoms with Gasteiger partial charge in [0.15, 0.2) is 5.75 Å². The number of pyridine rings is 1. The standard InChI is InChI=1S/C10H14N2O2/c1-7-10(9(13)3-5-12-7)14-8-2-4-11-6-8/h3,5,8,11H,2,4,6H2,1H3,(H,12,13). The van der Waals surface area contributed by atoms with Crippen LogP contribution in [0.2, 0.25) is 0 Å². The Morgan fingerprint density at radius 2 is 2.43 bits per heavy atom. The third-order valence-electron chi connectivity index (χ3n) is 2.40. The fourth-order valence-corrected chi connectivity index (χ4v) is 1.61. The summed E-state index contributed by atoms with van der Waals surface area (Å²) in [6.45, 7) is 3.64. The number of rotatable bonds is 2. The summed E-state index contributed by atoms with van der Waals surface area (Å²) >= 11 is 0. The van der Waals surface area contributed by atoms with Crippen molar-refractivity contribution in [2.75, 3.05) is 13.1 Å². The van der Waals surface area contributed by atoms with E-state index >= 15 is 0 Å². The number of H-pyrrole nitrogens is 1. The molecule has 1 unspecified atom stereocenters. The van der Waals surface area contributed by atoms with Gasteiger partial charge in [-0.05, 0) is 19.9 Å². The van der Waals surface area contributed by atoms with E-state index in [9.17, 15) is 4.79 Å². The maximum atomic E-state index is 11.5. The van der Waals surface area contributed by atoms with Gasteiger partial charge in [0.1, 0.15) is 6.10 Å². The summed E-state index contributed by atoms with van der Waals surface area (Å²) in [5.74, 6) is 0.459. The Morgan fingerprint density at radius 3 is 3.07 bits per heavy atom. The SMILES string of the molecule is Cc1[nH]ccc(=O)c1OC1CCNC1. The van der Waals surface area contributed by atoms with Crippen LogP contribution in [0.25, 0.3) is 0 Å². The third-order valence-corrected chi connectivity index (χ3v) is 2.40. The average molecular weight is 194 g/mol. The Hall–Kier alpha value is -1.29. The molecule has 1 aromatic heterocycles. The van der Waals surface area contributed by atoms with Gasteiger partial charge in [0.2, 0.25) is 5.43 Å². The van der Waals surface area contributed by atoms with E-state index in [0.717, 1.165) is 25.2 Å². The van der Waals surface area contributed by atoms with E-state index < -0.39 is 0 Å². The summed E-state index contributed by atoms with van der Waals surface area (Å²) in [5, 5.41) is 3.19. The third kappa shape index (κ3) is 1.80. The molecule has 0 radical (unpaired) electrons. The molecule has 1 aromatic rings. The molecule has 0 saturated carbocycles. The average Bonchev–Trinajstić information content (AvgIpc) is 2.64. The molecule has 1 aliphatic heterocycles. The first-order valence-corrected chi connectivity index (χ1v) is 4.83. The van der Waals surface area contributed by atoms with Crippen LogP contribution in [0.4, 0.5) is 0 Å². The highest BCUT2D eigenvalue weighted by Crippen LogP contribution is 2.12. The minimum Gasteiger partial charge on any atom is -0.483 e. The predicted molar refractivity (Wildman–Crippen MR) is 53.7 cm³/mol. The minimum atomic E-state index is -0.0480. The number of ether oxygens (including phenoxy) is 1. The van der Waals surface area contributed by atoms with Crippen LogP contribution in [0.15, 0.2) is 17.1 Å². The fourth-order valence-electron chi connectivity index (χ4n) is 1.61. The highest BCUT2D eigenvalue weighted by molar-refractivity contribution is 5.26. The lowest BCUT2D eigenvalue weighted by molar-refractivity contribution is 0.218. The van der Waals surface area contributed by atoms with Crippen molar-refractivity contribution in [2.45, 2.75) is 19.4 Å². The van der Waals surface area contributed by atoms with Crippen LogP contribution in [0.5, 0.6) is 5.75 Å². The molecule has 2 rings (SSSR count). The lowest BCUT2D eigenvalue weighted by Crippen LogP contribution is -2.23. The van der Waals surface area contributed by atoms with Crippen LogP contribution in [0.3, 0.4) is 0 Å². The zero-order valence-corrected chi connectivity index (χ0v) is 8.17. The summed E-state index contributed by atoms with van der Waals surface area (Å²) in [4.78, 5) is 14.4. The Kier molecular flexibility index (Phi) is 2.54. The molecule has 1 atom stereocenters. The van der Waals surface area contributed by atoms with Gasteiger partial charge in [0.05, 0.1) is 5.69 Å². The fraction of sp³-hybridized carbons (Fsp3) is 0.500. The van der Waals surface area contributed by atoms with Crippen LogP contribution in [-0.2, 0) is 0 Å². The van der Waals surface area contributed by atoms with Gasteiger partial charge in [-0.1, -0.05) is 0 Å². The number of aromatic amines is 1. The van der Waals surface area contributed by atoms with Crippen molar-refractivity contribution < 1.29 is 4.74 Å². The summed E-state index contributed by atoms with van der Waals surface area (Å²) < 4.78 is 5.63. The van der Waals surface area contributed by atoms with E-state index in [4.69, 9.17) is 4.74 Å². The molecule has 1 aliphatic rings. The molecule has 4 nitrogen and oxygen atoms in total.